The predicted octanol–water partition coefficient (Wildman–Crippen LogP) is 2.45. The Morgan fingerprint density at radius 2 is 1.90 bits per heavy atom. The van der Waals surface area contributed by atoms with Crippen molar-refractivity contribution < 1.29 is 23.1 Å². The first kappa shape index (κ1) is 15.2. The van der Waals surface area contributed by atoms with E-state index < -0.39 is 29.8 Å². The van der Waals surface area contributed by atoms with Crippen LogP contribution >= 0.6 is 27.5 Å². The molecule has 0 radical (unpaired) electrons. The van der Waals surface area contributed by atoms with Gasteiger partial charge < -0.3 is 15.2 Å². The second kappa shape index (κ2) is 4.96. The number of hydrogen-bond acceptors (Lipinski definition) is 3. The molecule has 0 bridgehead atoms. The average molecular weight is 370 g/mol. The summed E-state index contributed by atoms with van der Waals surface area (Å²) in [6.45, 7) is 0. The van der Waals surface area contributed by atoms with Crippen molar-refractivity contribution >= 4 is 33.5 Å². The SMILES string of the molecule is O=C([O-])C1(c2ccc(Cl)cc2)CC(Br)=C(C(F)(F)F)N1. The molecule has 0 saturated heterocycles. The van der Waals surface area contributed by atoms with Crippen molar-refractivity contribution in [2.45, 2.75) is 18.1 Å². The molecule has 0 saturated carbocycles. The molecule has 0 fully saturated rings. The van der Waals surface area contributed by atoms with Crippen LogP contribution in [0.5, 0.6) is 0 Å². The van der Waals surface area contributed by atoms with Crippen LogP contribution in [0.4, 0.5) is 13.2 Å². The quantitative estimate of drug-likeness (QED) is 0.871. The van der Waals surface area contributed by atoms with Gasteiger partial charge in [0, 0.05) is 15.9 Å². The monoisotopic (exact) mass is 368 g/mol. The zero-order chi connectivity index (χ0) is 15.1. The number of nitrogens with one attached hydrogen (secondary N) is 1. The van der Waals surface area contributed by atoms with Gasteiger partial charge in [-0.2, -0.15) is 13.2 Å². The highest BCUT2D eigenvalue weighted by molar-refractivity contribution is 9.11. The number of allylic oxidation sites excluding steroid dienone is 1. The summed E-state index contributed by atoms with van der Waals surface area (Å²) in [5.74, 6) is -1.64. The zero-order valence-corrected chi connectivity index (χ0v) is 12.1. The lowest BCUT2D eigenvalue weighted by atomic mass is 9.88. The highest BCUT2D eigenvalue weighted by atomic mass is 79.9. The fourth-order valence-corrected chi connectivity index (χ4v) is 2.89. The third-order valence-corrected chi connectivity index (χ3v) is 3.93. The maximum absolute atomic E-state index is 12.8. The summed E-state index contributed by atoms with van der Waals surface area (Å²) in [5, 5.41) is 13.8. The molecule has 20 heavy (non-hydrogen) atoms. The van der Waals surface area contributed by atoms with Gasteiger partial charge in [0.2, 0.25) is 0 Å². The van der Waals surface area contributed by atoms with Crippen LogP contribution in [0.3, 0.4) is 0 Å². The Balaban J connectivity index is 2.47. The molecule has 2 rings (SSSR count). The molecule has 1 unspecified atom stereocenters. The van der Waals surface area contributed by atoms with Gasteiger partial charge in [0.05, 0.1) is 5.97 Å². The molecular weight excluding hydrogens is 362 g/mol. The van der Waals surface area contributed by atoms with Gasteiger partial charge in [-0.1, -0.05) is 39.7 Å². The molecule has 0 spiro atoms. The van der Waals surface area contributed by atoms with E-state index in [0.717, 1.165) is 0 Å². The van der Waals surface area contributed by atoms with Crippen molar-refractivity contribution in [3.8, 4) is 0 Å². The lowest BCUT2D eigenvalue weighted by Gasteiger charge is -2.33. The first-order valence-electron chi connectivity index (χ1n) is 5.38. The van der Waals surface area contributed by atoms with Crippen LogP contribution in [-0.4, -0.2) is 12.1 Å². The summed E-state index contributed by atoms with van der Waals surface area (Å²) >= 11 is 8.47. The molecule has 1 aromatic carbocycles. The Morgan fingerprint density at radius 3 is 2.30 bits per heavy atom. The second-order valence-electron chi connectivity index (χ2n) is 4.28. The molecule has 3 nitrogen and oxygen atoms in total. The van der Waals surface area contributed by atoms with Crippen LogP contribution in [0.15, 0.2) is 34.4 Å². The first-order valence-corrected chi connectivity index (χ1v) is 6.55. The smallest absolute Gasteiger partial charge is 0.431 e. The summed E-state index contributed by atoms with van der Waals surface area (Å²) in [6.07, 6.45) is -5.08. The van der Waals surface area contributed by atoms with Crippen molar-refractivity contribution in [3.05, 3.63) is 45.0 Å². The molecule has 0 aliphatic carbocycles. The molecule has 8 heteroatoms. The van der Waals surface area contributed by atoms with Gasteiger partial charge in [-0.25, -0.2) is 0 Å². The summed E-state index contributed by atoms with van der Waals surface area (Å²) in [4.78, 5) is 11.4. The number of alkyl halides is 3. The number of carbonyl (C=O) groups excluding carboxylic acids is 1. The van der Waals surface area contributed by atoms with Gasteiger partial charge in [0.25, 0.3) is 0 Å². The number of carboxylic acids is 1. The fourth-order valence-electron chi connectivity index (χ4n) is 2.02. The van der Waals surface area contributed by atoms with E-state index in [4.69, 9.17) is 11.6 Å². The average Bonchev–Trinajstić information content (AvgIpc) is 2.69. The van der Waals surface area contributed by atoms with Crippen LogP contribution in [0.2, 0.25) is 5.02 Å². The van der Waals surface area contributed by atoms with E-state index in [2.05, 4.69) is 15.9 Å². The minimum Gasteiger partial charge on any atom is -0.547 e. The third-order valence-electron chi connectivity index (χ3n) is 3.00. The molecule has 0 aromatic heterocycles. The van der Waals surface area contributed by atoms with E-state index in [-0.39, 0.29) is 10.0 Å². The van der Waals surface area contributed by atoms with Gasteiger partial charge in [0.1, 0.15) is 11.2 Å². The van der Waals surface area contributed by atoms with Crippen LogP contribution in [0.25, 0.3) is 0 Å². The molecule has 1 aliphatic rings. The van der Waals surface area contributed by atoms with E-state index in [1.807, 2.05) is 5.32 Å². The summed E-state index contributed by atoms with van der Waals surface area (Å²) in [6, 6.07) is 5.51. The maximum Gasteiger partial charge on any atom is 0.431 e. The molecule has 1 heterocycles. The molecule has 1 aromatic rings. The molecule has 0 amide bonds. The van der Waals surface area contributed by atoms with Gasteiger partial charge in [-0.3, -0.25) is 0 Å². The topological polar surface area (TPSA) is 52.2 Å². The second-order valence-corrected chi connectivity index (χ2v) is 5.67. The number of aliphatic carboxylic acids is 1. The lowest BCUT2D eigenvalue weighted by molar-refractivity contribution is -0.314. The fraction of sp³-hybridized carbons (Fsp3) is 0.250. The maximum atomic E-state index is 12.8. The van der Waals surface area contributed by atoms with Crippen molar-refractivity contribution in [2.75, 3.05) is 0 Å². The Kier molecular flexibility index (Phi) is 3.77. The number of carbonyl (C=O) groups is 1. The highest BCUT2D eigenvalue weighted by Gasteiger charge is 2.49. The van der Waals surface area contributed by atoms with Crippen molar-refractivity contribution in [1.82, 2.24) is 5.32 Å². The van der Waals surface area contributed by atoms with Gasteiger partial charge in [-0.15, -0.1) is 0 Å². The third kappa shape index (κ3) is 2.52. The van der Waals surface area contributed by atoms with Gasteiger partial charge in [-0.05, 0) is 17.7 Å². The molecule has 108 valence electrons. The van der Waals surface area contributed by atoms with E-state index >= 15 is 0 Å². The molecule has 1 atom stereocenters. The molecular formula is C12H7BrClF3NO2-. The zero-order valence-electron chi connectivity index (χ0n) is 9.72. The number of halogens is 5. The normalized spacial score (nSPS) is 22.9. The van der Waals surface area contributed by atoms with E-state index in [9.17, 15) is 23.1 Å². The minimum atomic E-state index is -4.68. The Labute approximate surface area is 125 Å². The van der Waals surface area contributed by atoms with Gasteiger partial charge in [0.15, 0.2) is 0 Å². The first-order chi connectivity index (χ1) is 9.17. The predicted molar refractivity (Wildman–Crippen MR) is 67.9 cm³/mol. The lowest BCUT2D eigenvalue weighted by Crippen LogP contribution is -2.53. The van der Waals surface area contributed by atoms with E-state index in [1.165, 1.54) is 24.3 Å². The summed E-state index contributed by atoms with van der Waals surface area (Å²) in [5.41, 5.74) is -2.94. The van der Waals surface area contributed by atoms with Crippen molar-refractivity contribution in [1.29, 1.82) is 0 Å². The van der Waals surface area contributed by atoms with E-state index in [0.29, 0.717) is 5.02 Å². The Bertz CT molecular complexity index is 585. The van der Waals surface area contributed by atoms with Crippen molar-refractivity contribution in [3.63, 3.8) is 0 Å². The van der Waals surface area contributed by atoms with Crippen LogP contribution in [0, 0.1) is 0 Å². The number of carboxylic acid groups (broad SMARTS) is 1. The Morgan fingerprint density at radius 1 is 1.35 bits per heavy atom. The largest absolute Gasteiger partial charge is 0.547 e. The van der Waals surface area contributed by atoms with Crippen LogP contribution < -0.4 is 10.4 Å². The summed E-state index contributed by atoms with van der Waals surface area (Å²) < 4.78 is 38.2. The number of hydrogen-bond donors (Lipinski definition) is 1. The molecule has 1 aliphatic heterocycles. The minimum absolute atomic E-state index is 0.137. The van der Waals surface area contributed by atoms with Gasteiger partial charge >= 0.3 is 6.18 Å². The highest BCUT2D eigenvalue weighted by Crippen LogP contribution is 2.44. The number of rotatable bonds is 2. The molecule has 1 N–H and O–H groups in total. The summed E-state index contributed by atoms with van der Waals surface area (Å²) in [7, 11) is 0. The Hall–Kier alpha value is -1.21. The number of benzene rings is 1. The standard InChI is InChI=1S/C12H8BrClF3NO2/c13-8-5-11(10(19)20,18-9(8)12(15,16)17)6-1-3-7(14)4-2-6/h1-4,18H,5H2,(H,19,20)/p-1. The van der Waals surface area contributed by atoms with Crippen molar-refractivity contribution in [2.24, 2.45) is 0 Å². The van der Waals surface area contributed by atoms with E-state index in [1.54, 1.807) is 0 Å². The van der Waals surface area contributed by atoms with Crippen LogP contribution in [-0.2, 0) is 10.3 Å². The van der Waals surface area contributed by atoms with Crippen LogP contribution in [0.1, 0.15) is 12.0 Å².